The first-order chi connectivity index (χ1) is 12.5. The number of hydrogen-bond acceptors (Lipinski definition) is 4. The topological polar surface area (TPSA) is 47.9 Å². The van der Waals surface area contributed by atoms with Gasteiger partial charge in [-0.25, -0.2) is 9.28 Å². The Morgan fingerprint density at radius 3 is 2.62 bits per heavy atom. The summed E-state index contributed by atoms with van der Waals surface area (Å²) in [7, 11) is 0. The van der Waals surface area contributed by atoms with Crippen LogP contribution in [0.3, 0.4) is 0 Å². The second kappa shape index (κ2) is 7.10. The third kappa shape index (κ3) is 2.94. The predicted octanol–water partition coefficient (Wildman–Crippen LogP) is 5.03. The molecule has 0 aromatic heterocycles. The van der Waals surface area contributed by atoms with Gasteiger partial charge in [-0.05, 0) is 61.8 Å². The average Bonchev–Trinajstić information content (AvgIpc) is 2.78. The van der Waals surface area contributed by atoms with Crippen LogP contribution in [0.1, 0.15) is 52.4 Å². The molecule has 5 unspecified atom stereocenters. The van der Waals surface area contributed by atoms with Crippen molar-refractivity contribution in [3.8, 4) is 5.75 Å². The van der Waals surface area contributed by atoms with Gasteiger partial charge < -0.3 is 9.47 Å². The molecule has 26 heavy (non-hydrogen) atoms. The van der Waals surface area contributed by atoms with Crippen molar-refractivity contribution in [1.82, 2.24) is 0 Å². The van der Waals surface area contributed by atoms with Crippen molar-refractivity contribution in [3.63, 3.8) is 0 Å². The number of rotatable bonds is 3. The first-order valence-corrected chi connectivity index (χ1v) is 9.95. The largest absolute Gasteiger partial charge is 0.465 e. The van der Waals surface area contributed by atoms with Crippen LogP contribution in [0.25, 0.3) is 0 Å². The van der Waals surface area contributed by atoms with E-state index < -0.39 is 11.9 Å². The third-order valence-electron chi connectivity index (χ3n) is 7.00. The van der Waals surface area contributed by atoms with Crippen LogP contribution in [0.5, 0.6) is 5.75 Å². The van der Waals surface area contributed by atoms with Gasteiger partial charge in [-0.1, -0.05) is 26.7 Å². The van der Waals surface area contributed by atoms with Crippen molar-refractivity contribution >= 4 is 0 Å². The average molecular weight is 364 g/mol. The molecule has 4 nitrogen and oxygen atoms in total. The molecule has 2 saturated carbocycles. The minimum atomic E-state index is -0.620. The zero-order valence-electron chi connectivity index (χ0n) is 15.6. The van der Waals surface area contributed by atoms with Gasteiger partial charge in [0, 0.05) is 11.8 Å². The SMILES string of the molecule is CC1CCC2CCCC3C(C)C(Oc4ccc(F)cc4)O[C@H](C1)[C@@]23OO. The van der Waals surface area contributed by atoms with Crippen LogP contribution in [-0.2, 0) is 9.62 Å². The molecule has 3 fully saturated rings. The summed E-state index contributed by atoms with van der Waals surface area (Å²) in [5.74, 6) is 1.46. The lowest BCUT2D eigenvalue weighted by molar-refractivity contribution is -0.417. The molecule has 1 aliphatic heterocycles. The number of benzene rings is 1. The molecule has 4 rings (SSSR count). The Bertz CT molecular complexity index is 621. The van der Waals surface area contributed by atoms with E-state index in [-0.39, 0.29) is 23.8 Å². The van der Waals surface area contributed by atoms with Crippen molar-refractivity contribution < 1.29 is 24.0 Å². The van der Waals surface area contributed by atoms with Gasteiger partial charge in [-0.15, -0.1) is 0 Å². The van der Waals surface area contributed by atoms with E-state index in [1.807, 2.05) is 0 Å². The Morgan fingerprint density at radius 1 is 1.12 bits per heavy atom. The summed E-state index contributed by atoms with van der Waals surface area (Å²) in [6, 6.07) is 6.06. The maximum absolute atomic E-state index is 13.2. The highest BCUT2D eigenvalue weighted by molar-refractivity contribution is 5.22. The summed E-state index contributed by atoms with van der Waals surface area (Å²) in [5.41, 5.74) is -0.620. The minimum absolute atomic E-state index is 0.0830. The van der Waals surface area contributed by atoms with E-state index in [1.165, 1.54) is 12.1 Å². The van der Waals surface area contributed by atoms with Crippen LogP contribution >= 0.6 is 0 Å². The van der Waals surface area contributed by atoms with Gasteiger partial charge in [0.05, 0.1) is 6.10 Å². The fourth-order valence-corrected chi connectivity index (χ4v) is 5.66. The molecule has 144 valence electrons. The molecule has 2 aliphatic carbocycles. The highest BCUT2D eigenvalue weighted by Gasteiger charge is 2.62. The molecule has 5 heteroatoms. The standard InChI is InChI=1S/C21H29FO4/c1-13-6-7-15-4-3-5-18-14(2)20(24-17-10-8-16(22)9-11-17)25-19(12-13)21(15,18)26-23/h8-11,13-15,18-20,23H,3-7,12H2,1-2H3/t13?,14?,15?,18?,19-,20?,21-/m1/s1. The maximum atomic E-state index is 13.2. The number of halogens is 1. The summed E-state index contributed by atoms with van der Waals surface area (Å²) < 4.78 is 25.7. The quantitative estimate of drug-likeness (QED) is 0.604. The minimum Gasteiger partial charge on any atom is -0.465 e. The smallest absolute Gasteiger partial charge is 0.203 e. The molecule has 0 spiro atoms. The van der Waals surface area contributed by atoms with Crippen molar-refractivity contribution in [1.29, 1.82) is 0 Å². The molecular formula is C21H29FO4. The zero-order chi connectivity index (χ0) is 18.3. The Labute approximate surface area is 154 Å². The van der Waals surface area contributed by atoms with Gasteiger partial charge in [-0.3, -0.25) is 5.26 Å². The molecule has 1 aromatic carbocycles. The first-order valence-electron chi connectivity index (χ1n) is 9.95. The van der Waals surface area contributed by atoms with Crippen molar-refractivity contribution in [2.75, 3.05) is 0 Å². The molecule has 0 radical (unpaired) electrons. The highest BCUT2D eigenvalue weighted by Crippen LogP contribution is 2.56. The maximum Gasteiger partial charge on any atom is 0.203 e. The van der Waals surface area contributed by atoms with Crippen molar-refractivity contribution in [2.24, 2.45) is 23.7 Å². The van der Waals surface area contributed by atoms with E-state index in [2.05, 4.69) is 13.8 Å². The van der Waals surface area contributed by atoms with Gasteiger partial charge in [0.25, 0.3) is 0 Å². The fraction of sp³-hybridized carbons (Fsp3) is 0.714. The van der Waals surface area contributed by atoms with Gasteiger partial charge >= 0.3 is 0 Å². The lowest BCUT2D eigenvalue weighted by Crippen LogP contribution is -2.66. The molecule has 0 bridgehead atoms. The van der Waals surface area contributed by atoms with E-state index in [9.17, 15) is 9.65 Å². The normalized spacial score (nSPS) is 42.6. The Morgan fingerprint density at radius 2 is 1.88 bits per heavy atom. The van der Waals surface area contributed by atoms with Crippen LogP contribution in [0, 0.1) is 29.5 Å². The van der Waals surface area contributed by atoms with E-state index in [0.717, 1.165) is 38.5 Å². The van der Waals surface area contributed by atoms with Gasteiger partial charge in [-0.2, -0.15) is 0 Å². The zero-order valence-corrected chi connectivity index (χ0v) is 15.6. The molecule has 1 heterocycles. The lowest BCUT2D eigenvalue weighted by Gasteiger charge is -2.56. The second-order valence-electron chi connectivity index (χ2n) is 8.52. The van der Waals surface area contributed by atoms with E-state index >= 15 is 0 Å². The van der Waals surface area contributed by atoms with Crippen LogP contribution in [0.2, 0.25) is 0 Å². The number of hydrogen-bond donors (Lipinski definition) is 1. The fourth-order valence-electron chi connectivity index (χ4n) is 5.66. The summed E-state index contributed by atoms with van der Waals surface area (Å²) in [6.07, 6.45) is 5.73. The second-order valence-corrected chi connectivity index (χ2v) is 8.52. The Balaban J connectivity index is 1.64. The summed E-state index contributed by atoms with van der Waals surface area (Å²) >= 11 is 0. The summed E-state index contributed by atoms with van der Waals surface area (Å²) in [6.45, 7) is 4.36. The molecule has 0 amide bonds. The molecule has 3 aliphatic rings. The monoisotopic (exact) mass is 364 g/mol. The van der Waals surface area contributed by atoms with Gasteiger partial charge in [0.15, 0.2) is 0 Å². The number of ether oxygens (including phenoxy) is 2. The summed E-state index contributed by atoms with van der Waals surface area (Å²) in [4.78, 5) is 5.33. The predicted molar refractivity (Wildman–Crippen MR) is 95.1 cm³/mol. The van der Waals surface area contributed by atoms with Crippen LogP contribution in [0.15, 0.2) is 24.3 Å². The van der Waals surface area contributed by atoms with Crippen molar-refractivity contribution in [2.45, 2.75) is 70.4 Å². The van der Waals surface area contributed by atoms with Crippen LogP contribution in [0.4, 0.5) is 4.39 Å². The molecule has 7 atom stereocenters. The lowest BCUT2D eigenvalue weighted by atomic mass is 9.60. The molecular weight excluding hydrogens is 335 g/mol. The Kier molecular flexibility index (Phi) is 4.97. The third-order valence-corrected chi connectivity index (χ3v) is 7.00. The van der Waals surface area contributed by atoms with E-state index in [4.69, 9.17) is 14.4 Å². The van der Waals surface area contributed by atoms with Crippen LogP contribution < -0.4 is 4.74 Å². The molecule has 1 saturated heterocycles. The van der Waals surface area contributed by atoms with E-state index in [0.29, 0.717) is 17.6 Å². The molecule has 1 N–H and O–H groups in total. The van der Waals surface area contributed by atoms with Gasteiger partial charge in [0.1, 0.15) is 17.2 Å². The first kappa shape index (κ1) is 18.2. The Hall–Kier alpha value is -1.17. The highest BCUT2D eigenvalue weighted by atomic mass is 19.1. The van der Waals surface area contributed by atoms with E-state index in [1.54, 1.807) is 12.1 Å². The van der Waals surface area contributed by atoms with Crippen LogP contribution in [-0.4, -0.2) is 23.3 Å². The van der Waals surface area contributed by atoms with Gasteiger partial charge in [0.2, 0.25) is 6.29 Å². The summed E-state index contributed by atoms with van der Waals surface area (Å²) in [5, 5.41) is 10.1. The molecule has 1 aromatic rings. The van der Waals surface area contributed by atoms with Crippen molar-refractivity contribution in [3.05, 3.63) is 30.1 Å².